The highest BCUT2D eigenvalue weighted by Gasteiger charge is 2.22. The van der Waals surface area contributed by atoms with Crippen LogP contribution in [0.5, 0.6) is 0 Å². The van der Waals surface area contributed by atoms with Gasteiger partial charge in [0.25, 0.3) is 5.91 Å². The Morgan fingerprint density at radius 3 is 2.76 bits per heavy atom. The summed E-state index contributed by atoms with van der Waals surface area (Å²) in [5, 5.41) is 3.82. The summed E-state index contributed by atoms with van der Waals surface area (Å²) in [4.78, 5) is 21.6. The Labute approximate surface area is 134 Å². The van der Waals surface area contributed by atoms with Gasteiger partial charge in [-0.15, -0.1) is 0 Å². The van der Waals surface area contributed by atoms with Crippen LogP contribution in [0.15, 0.2) is 0 Å². The van der Waals surface area contributed by atoms with Crippen LogP contribution in [0.4, 0.5) is 10.9 Å². The number of piperazine rings is 1. The second-order valence-corrected chi connectivity index (χ2v) is 7.22. The number of hydrogen-bond acceptors (Lipinski definition) is 7. The Bertz CT molecular complexity index is 485. The Morgan fingerprint density at radius 2 is 2.14 bits per heavy atom. The number of nitrogen functional groups attached to an aromatic ring is 1. The Morgan fingerprint density at radius 1 is 1.48 bits per heavy atom. The van der Waals surface area contributed by atoms with Crippen molar-refractivity contribution < 1.29 is 4.79 Å². The fourth-order valence-corrected chi connectivity index (χ4v) is 3.72. The lowest BCUT2D eigenvalue weighted by Gasteiger charge is -2.31. The largest absolute Gasteiger partial charge is 0.382 e. The van der Waals surface area contributed by atoms with Crippen LogP contribution in [0.1, 0.15) is 16.6 Å². The van der Waals surface area contributed by atoms with E-state index in [0.717, 1.165) is 37.1 Å². The van der Waals surface area contributed by atoms with E-state index in [0.29, 0.717) is 10.7 Å². The predicted molar refractivity (Wildman–Crippen MR) is 91.5 cm³/mol. The first-order chi connectivity index (χ1) is 10.0. The second-order valence-electron chi connectivity index (χ2n) is 5.33. The minimum absolute atomic E-state index is 0.119. The van der Waals surface area contributed by atoms with E-state index >= 15 is 0 Å². The maximum absolute atomic E-state index is 12.2. The molecule has 1 saturated heterocycles. The molecule has 0 spiro atoms. The Hall–Kier alpha value is -0.990. The van der Waals surface area contributed by atoms with Crippen LogP contribution in [0, 0.1) is 0 Å². The standard InChI is InChI=1S/C13H23N5OS2/c1-9(8-20-3)15-12(19)10-11(14)16-13(21-10)18-6-4-17(2)5-7-18/h9H,4-8,14H2,1-3H3,(H,15,19). The molecule has 0 saturated carbocycles. The van der Waals surface area contributed by atoms with E-state index < -0.39 is 0 Å². The summed E-state index contributed by atoms with van der Waals surface area (Å²) in [6, 6.07) is 0.126. The lowest BCUT2D eigenvalue weighted by atomic mass is 10.3. The van der Waals surface area contributed by atoms with E-state index in [-0.39, 0.29) is 11.9 Å². The fourth-order valence-electron chi connectivity index (χ4n) is 2.20. The van der Waals surface area contributed by atoms with Crippen LogP contribution in [0.25, 0.3) is 0 Å². The molecule has 1 aromatic rings. The van der Waals surface area contributed by atoms with E-state index in [4.69, 9.17) is 5.73 Å². The van der Waals surface area contributed by atoms with Crippen molar-refractivity contribution in [3.8, 4) is 0 Å². The van der Waals surface area contributed by atoms with E-state index in [1.807, 2.05) is 13.2 Å². The van der Waals surface area contributed by atoms with Gasteiger partial charge in [-0.25, -0.2) is 4.98 Å². The normalized spacial score (nSPS) is 17.8. The molecule has 2 heterocycles. The summed E-state index contributed by atoms with van der Waals surface area (Å²) in [6.45, 7) is 5.85. The number of anilines is 2. The molecule has 3 N–H and O–H groups in total. The third-order valence-electron chi connectivity index (χ3n) is 3.42. The molecule has 1 amide bonds. The monoisotopic (exact) mass is 329 g/mol. The van der Waals surface area contributed by atoms with E-state index in [2.05, 4.69) is 27.1 Å². The zero-order valence-corrected chi connectivity index (χ0v) is 14.4. The summed E-state index contributed by atoms with van der Waals surface area (Å²) in [6.07, 6.45) is 2.02. The van der Waals surface area contributed by atoms with Crippen LogP contribution < -0.4 is 16.0 Å². The highest BCUT2D eigenvalue weighted by Crippen LogP contribution is 2.28. The van der Waals surface area contributed by atoms with Gasteiger partial charge in [-0.2, -0.15) is 11.8 Å². The summed E-state index contributed by atoms with van der Waals surface area (Å²) < 4.78 is 0. The van der Waals surface area contributed by atoms with Gasteiger partial charge >= 0.3 is 0 Å². The van der Waals surface area contributed by atoms with Crippen molar-refractivity contribution in [2.75, 3.05) is 55.9 Å². The number of likely N-dealkylation sites (N-methyl/N-ethyl adjacent to an activating group) is 1. The van der Waals surface area contributed by atoms with Crippen molar-refractivity contribution >= 4 is 40.0 Å². The molecule has 1 aliphatic heterocycles. The highest BCUT2D eigenvalue weighted by molar-refractivity contribution is 7.98. The van der Waals surface area contributed by atoms with Crippen molar-refractivity contribution in [3.05, 3.63) is 4.88 Å². The summed E-state index contributed by atoms with van der Waals surface area (Å²) in [5.41, 5.74) is 5.92. The number of rotatable bonds is 5. The Kier molecular flexibility index (Phi) is 5.72. The summed E-state index contributed by atoms with van der Waals surface area (Å²) >= 11 is 3.10. The molecular formula is C13H23N5OS2. The average Bonchev–Trinajstić information content (AvgIpc) is 2.82. The molecule has 0 aliphatic carbocycles. The minimum atomic E-state index is -0.119. The van der Waals surface area contributed by atoms with Crippen molar-refractivity contribution in [2.45, 2.75) is 13.0 Å². The number of carbonyl (C=O) groups is 1. The zero-order valence-electron chi connectivity index (χ0n) is 12.8. The molecule has 118 valence electrons. The molecule has 1 aromatic heterocycles. The molecule has 0 radical (unpaired) electrons. The van der Waals surface area contributed by atoms with Gasteiger partial charge in [0.15, 0.2) is 5.13 Å². The fraction of sp³-hybridized carbons (Fsp3) is 0.692. The molecule has 8 heteroatoms. The molecule has 1 fully saturated rings. The molecule has 2 rings (SSSR count). The number of thioether (sulfide) groups is 1. The van der Waals surface area contributed by atoms with Gasteiger partial charge in [0.05, 0.1) is 0 Å². The number of aromatic nitrogens is 1. The topological polar surface area (TPSA) is 74.5 Å². The molecule has 6 nitrogen and oxygen atoms in total. The number of amides is 1. The van der Waals surface area contributed by atoms with Crippen molar-refractivity contribution in [1.82, 2.24) is 15.2 Å². The second kappa shape index (κ2) is 7.33. The number of hydrogen-bond donors (Lipinski definition) is 2. The van der Waals surface area contributed by atoms with Gasteiger partial charge in [0.2, 0.25) is 0 Å². The van der Waals surface area contributed by atoms with Crippen molar-refractivity contribution in [2.24, 2.45) is 0 Å². The predicted octanol–water partition coefficient (Wildman–Crippen LogP) is 0.958. The maximum Gasteiger partial charge on any atom is 0.265 e. The van der Waals surface area contributed by atoms with E-state index in [9.17, 15) is 4.79 Å². The Balaban J connectivity index is 2.03. The van der Waals surface area contributed by atoms with Crippen LogP contribution in [0.2, 0.25) is 0 Å². The highest BCUT2D eigenvalue weighted by atomic mass is 32.2. The summed E-state index contributed by atoms with van der Waals surface area (Å²) in [5.74, 6) is 1.10. The average molecular weight is 329 g/mol. The number of nitrogens with two attached hydrogens (primary N) is 1. The number of nitrogens with zero attached hydrogens (tertiary/aromatic N) is 3. The maximum atomic E-state index is 12.2. The first-order valence-electron chi connectivity index (χ1n) is 7.01. The molecule has 1 aliphatic rings. The van der Waals surface area contributed by atoms with Crippen LogP contribution in [-0.2, 0) is 0 Å². The first-order valence-corrected chi connectivity index (χ1v) is 9.22. The smallest absolute Gasteiger partial charge is 0.265 e. The van der Waals surface area contributed by atoms with Gasteiger partial charge in [-0.1, -0.05) is 11.3 Å². The third kappa shape index (κ3) is 4.24. The quantitative estimate of drug-likeness (QED) is 0.838. The van der Waals surface area contributed by atoms with Gasteiger partial charge in [0.1, 0.15) is 10.7 Å². The number of thiazole rings is 1. The van der Waals surface area contributed by atoms with Gasteiger partial charge in [-0.05, 0) is 20.2 Å². The lowest BCUT2D eigenvalue weighted by molar-refractivity contribution is 0.0948. The zero-order chi connectivity index (χ0) is 15.4. The summed E-state index contributed by atoms with van der Waals surface area (Å²) in [7, 11) is 2.11. The number of carbonyl (C=O) groups excluding carboxylic acids is 1. The minimum Gasteiger partial charge on any atom is -0.382 e. The SMILES string of the molecule is CSCC(C)NC(=O)c1sc(N2CCN(C)CC2)nc1N. The molecule has 1 atom stereocenters. The van der Waals surface area contributed by atoms with Gasteiger partial charge in [0, 0.05) is 38.0 Å². The molecule has 0 bridgehead atoms. The van der Waals surface area contributed by atoms with E-state index in [1.165, 1.54) is 11.3 Å². The first kappa shape index (κ1) is 16.4. The van der Waals surface area contributed by atoms with Crippen LogP contribution in [-0.4, -0.2) is 67.1 Å². The molecular weight excluding hydrogens is 306 g/mol. The molecule has 1 unspecified atom stereocenters. The van der Waals surface area contributed by atoms with Crippen LogP contribution in [0.3, 0.4) is 0 Å². The van der Waals surface area contributed by atoms with Crippen molar-refractivity contribution in [1.29, 1.82) is 0 Å². The van der Waals surface area contributed by atoms with Crippen molar-refractivity contribution in [3.63, 3.8) is 0 Å². The van der Waals surface area contributed by atoms with Crippen LogP contribution >= 0.6 is 23.1 Å². The molecule has 21 heavy (non-hydrogen) atoms. The third-order valence-corrected chi connectivity index (χ3v) is 5.38. The molecule has 0 aromatic carbocycles. The number of nitrogens with one attached hydrogen (secondary N) is 1. The van der Waals surface area contributed by atoms with E-state index in [1.54, 1.807) is 11.8 Å². The van der Waals surface area contributed by atoms with Gasteiger partial charge in [-0.3, -0.25) is 4.79 Å². The van der Waals surface area contributed by atoms with Gasteiger partial charge < -0.3 is 20.9 Å². The lowest BCUT2D eigenvalue weighted by Crippen LogP contribution is -2.44.